The number of methoxy groups -OCH3 is 1. The molecule has 0 heterocycles. The number of hydrogen-bond donors (Lipinski definition) is 1. The molecule has 0 unspecified atom stereocenters. The molecule has 1 rings (SSSR count). The van der Waals surface area contributed by atoms with E-state index in [9.17, 15) is 9.59 Å². The summed E-state index contributed by atoms with van der Waals surface area (Å²) in [7, 11) is 1.28. The summed E-state index contributed by atoms with van der Waals surface area (Å²) in [5, 5.41) is 2.58. The molecule has 0 bridgehead atoms. The molecular formula is C18H27NO5. The molecule has 0 spiro atoms. The Morgan fingerprint density at radius 2 is 1.71 bits per heavy atom. The van der Waals surface area contributed by atoms with Crippen LogP contribution in [0.2, 0.25) is 0 Å². The number of hydrogen-bond acceptors (Lipinski definition) is 5. The van der Waals surface area contributed by atoms with Gasteiger partial charge in [-0.1, -0.05) is 30.3 Å². The van der Waals surface area contributed by atoms with E-state index in [0.717, 1.165) is 5.56 Å². The first-order valence-corrected chi connectivity index (χ1v) is 7.87. The summed E-state index contributed by atoms with van der Waals surface area (Å²) in [4.78, 5) is 24.0. The lowest BCUT2D eigenvalue weighted by atomic mass is 9.99. The molecule has 1 aromatic carbocycles. The average molecular weight is 337 g/mol. The third-order valence-corrected chi connectivity index (χ3v) is 3.27. The van der Waals surface area contributed by atoms with Gasteiger partial charge in [-0.15, -0.1) is 0 Å². The van der Waals surface area contributed by atoms with Crippen LogP contribution in [0.3, 0.4) is 0 Å². The summed E-state index contributed by atoms with van der Waals surface area (Å²) in [5.74, 6) is -0.545. The molecular weight excluding hydrogens is 310 g/mol. The Hall–Kier alpha value is -2.08. The van der Waals surface area contributed by atoms with E-state index in [1.54, 1.807) is 27.7 Å². The molecule has 0 aromatic heterocycles. The second-order valence-corrected chi connectivity index (χ2v) is 6.74. The molecule has 1 aromatic rings. The highest BCUT2D eigenvalue weighted by molar-refractivity contribution is 5.85. The largest absolute Gasteiger partial charge is 0.467 e. The van der Waals surface area contributed by atoms with Gasteiger partial charge in [-0.05, 0) is 33.3 Å². The number of ether oxygens (including phenoxy) is 3. The molecule has 0 fully saturated rings. The molecule has 6 heteroatoms. The zero-order valence-electron chi connectivity index (χ0n) is 15.0. The van der Waals surface area contributed by atoms with Gasteiger partial charge in [0.2, 0.25) is 0 Å². The molecule has 0 saturated carbocycles. The van der Waals surface area contributed by atoms with Crippen molar-refractivity contribution in [2.24, 2.45) is 0 Å². The Labute approximate surface area is 143 Å². The molecule has 1 amide bonds. The molecule has 0 saturated heterocycles. The molecule has 0 aliphatic carbocycles. The minimum Gasteiger partial charge on any atom is -0.467 e. The minimum absolute atomic E-state index is 0.270. The van der Waals surface area contributed by atoms with Gasteiger partial charge < -0.3 is 19.5 Å². The lowest BCUT2D eigenvalue weighted by Crippen LogP contribution is -2.54. The maximum atomic E-state index is 12.1. The predicted molar refractivity (Wildman–Crippen MR) is 90.5 cm³/mol. The summed E-state index contributed by atoms with van der Waals surface area (Å²) in [5.41, 5.74) is -0.823. The van der Waals surface area contributed by atoms with E-state index in [1.165, 1.54) is 7.11 Å². The van der Waals surface area contributed by atoms with Gasteiger partial charge in [-0.25, -0.2) is 9.59 Å². The number of nitrogens with one attached hydrogen (secondary N) is 1. The van der Waals surface area contributed by atoms with Gasteiger partial charge in [0.15, 0.2) is 0 Å². The number of alkyl carbamates (subject to hydrolysis) is 1. The summed E-state index contributed by atoms with van der Waals surface area (Å²) in [6.45, 7) is 7.58. The van der Waals surface area contributed by atoms with Crippen LogP contribution < -0.4 is 5.32 Å². The van der Waals surface area contributed by atoms with Gasteiger partial charge >= 0.3 is 12.1 Å². The third kappa shape index (κ3) is 7.00. The van der Waals surface area contributed by atoms with Crippen molar-refractivity contribution in [3.8, 4) is 0 Å². The number of amides is 1. The summed E-state index contributed by atoms with van der Waals surface area (Å²) >= 11 is 0. The van der Waals surface area contributed by atoms with Crippen molar-refractivity contribution in [2.45, 2.75) is 51.9 Å². The maximum Gasteiger partial charge on any atom is 0.408 e. The van der Waals surface area contributed by atoms with Crippen molar-refractivity contribution in [2.75, 3.05) is 13.7 Å². The Kier molecular flexibility index (Phi) is 7.22. The topological polar surface area (TPSA) is 73.9 Å². The van der Waals surface area contributed by atoms with E-state index in [-0.39, 0.29) is 13.0 Å². The molecule has 0 radical (unpaired) electrons. The Bertz CT molecular complexity index is 538. The van der Waals surface area contributed by atoms with E-state index in [4.69, 9.17) is 14.2 Å². The van der Waals surface area contributed by atoms with Crippen molar-refractivity contribution in [3.05, 3.63) is 35.9 Å². The predicted octanol–water partition coefficient (Wildman–Crippen LogP) is 3.05. The first-order valence-electron chi connectivity index (χ1n) is 7.87. The van der Waals surface area contributed by atoms with Gasteiger partial charge in [-0.3, -0.25) is 0 Å². The number of benzene rings is 1. The fourth-order valence-electron chi connectivity index (χ4n) is 2.01. The highest BCUT2D eigenvalue weighted by Gasteiger charge is 2.37. The Morgan fingerprint density at radius 3 is 2.25 bits per heavy atom. The number of carbonyl (C=O) groups is 2. The fraction of sp³-hybridized carbons (Fsp3) is 0.556. The standard InChI is InChI=1S/C18H27NO5/c1-17(2,3)24-16(21)19-18(4,15(20)22-5)11-12-23-13-14-9-7-6-8-10-14/h6-10H,11-13H2,1-5H3,(H,19,21)/t18-/m1/s1. The van der Waals surface area contributed by atoms with E-state index in [2.05, 4.69) is 5.32 Å². The van der Waals surface area contributed by atoms with Crippen LogP contribution in [0.4, 0.5) is 4.79 Å². The average Bonchev–Trinajstić information content (AvgIpc) is 2.49. The number of carbonyl (C=O) groups excluding carboxylic acids is 2. The van der Waals surface area contributed by atoms with Crippen LogP contribution in [-0.2, 0) is 25.6 Å². The quantitative estimate of drug-likeness (QED) is 0.611. The van der Waals surface area contributed by atoms with Crippen molar-refractivity contribution < 1.29 is 23.8 Å². The van der Waals surface area contributed by atoms with Crippen LogP contribution in [0.15, 0.2) is 30.3 Å². The third-order valence-electron chi connectivity index (χ3n) is 3.27. The van der Waals surface area contributed by atoms with Crippen LogP contribution in [0, 0.1) is 0 Å². The summed E-state index contributed by atoms with van der Waals surface area (Å²) in [6.07, 6.45) is -0.399. The van der Waals surface area contributed by atoms with Crippen LogP contribution in [0.1, 0.15) is 39.7 Å². The second kappa shape index (κ2) is 8.68. The molecule has 0 aliphatic rings. The summed E-state index contributed by atoms with van der Waals surface area (Å²) < 4.78 is 15.6. The van der Waals surface area contributed by atoms with Crippen LogP contribution >= 0.6 is 0 Å². The van der Waals surface area contributed by atoms with E-state index < -0.39 is 23.2 Å². The number of rotatable bonds is 7. The van der Waals surface area contributed by atoms with Crippen LogP contribution in [0.25, 0.3) is 0 Å². The molecule has 24 heavy (non-hydrogen) atoms. The maximum absolute atomic E-state index is 12.1. The van der Waals surface area contributed by atoms with Crippen LogP contribution in [-0.4, -0.2) is 36.9 Å². The molecule has 1 N–H and O–H groups in total. The molecule has 134 valence electrons. The fourth-order valence-corrected chi connectivity index (χ4v) is 2.01. The van der Waals surface area contributed by atoms with E-state index in [1.807, 2.05) is 30.3 Å². The van der Waals surface area contributed by atoms with Crippen molar-refractivity contribution >= 4 is 12.1 Å². The van der Waals surface area contributed by atoms with Crippen molar-refractivity contribution in [3.63, 3.8) is 0 Å². The van der Waals surface area contributed by atoms with Crippen LogP contribution in [0.5, 0.6) is 0 Å². The lowest BCUT2D eigenvalue weighted by Gasteiger charge is -2.29. The van der Waals surface area contributed by atoms with E-state index >= 15 is 0 Å². The summed E-state index contributed by atoms with van der Waals surface area (Å²) in [6, 6.07) is 9.71. The lowest BCUT2D eigenvalue weighted by molar-refractivity contribution is -0.148. The van der Waals surface area contributed by atoms with Crippen molar-refractivity contribution in [1.29, 1.82) is 0 Å². The number of esters is 1. The normalized spacial score (nSPS) is 13.7. The first-order chi connectivity index (χ1) is 11.2. The van der Waals surface area contributed by atoms with Gasteiger partial charge in [0.25, 0.3) is 0 Å². The van der Waals surface area contributed by atoms with Gasteiger partial charge in [-0.2, -0.15) is 0 Å². The Balaban J connectivity index is 2.57. The van der Waals surface area contributed by atoms with Gasteiger partial charge in [0, 0.05) is 13.0 Å². The van der Waals surface area contributed by atoms with Crippen molar-refractivity contribution in [1.82, 2.24) is 5.32 Å². The first kappa shape index (κ1) is 20.0. The molecule has 0 aliphatic heterocycles. The zero-order valence-corrected chi connectivity index (χ0v) is 15.0. The smallest absolute Gasteiger partial charge is 0.408 e. The van der Waals surface area contributed by atoms with Gasteiger partial charge in [0.1, 0.15) is 11.1 Å². The minimum atomic E-state index is -1.21. The highest BCUT2D eigenvalue weighted by Crippen LogP contribution is 2.15. The van der Waals surface area contributed by atoms with E-state index in [0.29, 0.717) is 6.61 Å². The monoisotopic (exact) mass is 337 g/mol. The molecule has 6 nitrogen and oxygen atoms in total. The second-order valence-electron chi connectivity index (χ2n) is 6.74. The Morgan fingerprint density at radius 1 is 1.08 bits per heavy atom. The highest BCUT2D eigenvalue weighted by atomic mass is 16.6. The molecule has 1 atom stereocenters. The van der Waals surface area contributed by atoms with Gasteiger partial charge in [0.05, 0.1) is 13.7 Å². The zero-order chi connectivity index (χ0) is 18.2. The SMILES string of the molecule is COC(=O)[C@@](C)(CCOCc1ccccc1)NC(=O)OC(C)(C)C.